The van der Waals surface area contributed by atoms with E-state index in [9.17, 15) is 0 Å². The van der Waals surface area contributed by atoms with Crippen LogP contribution in [0.4, 0.5) is 11.8 Å². The van der Waals surface area contributed by atoms with Gasteiger partial charge in [0.25, 0.3) is 0 Å². The van der Waals surface area contributed by atoms with E-state index in [1.54, 1.807) is 24.5 Å². The van der Waals surface area contributed by atoms with Crippen molar-refractivity contribution in [3.8, 4) is 23.5 Å². The van der Waals surface area contributed by atoms with Crippen LogP contribution in [0.5, 0.6) is 0 Å². The van der Waals surface area contributed by atoms with Crippen LogP contribution in [-0.2, 0) is 0 Å². The van der Waals surface area contributed by atoms with Crippen LogP contribution < -0.4 is 15.5 Å². The summed E-state index contributed by atoms with van der Waals surface area (Å²) in [6.07, 6.45) is 11.2. The number of anilines is 2. The molecule has 0 unspecified atom stereocenters. The maximum Gasteiger partial charge on any atom is 0.225 e. The molecule has 0 aliphatic carbocycles. The molecule has 4 aromatic rings. The van der Waals surface area contributed by atoms with Crippen LogP contribution in [-0.4, -0.2) is 56.8 Å². The Bertz CT molecular complexity index is 1430. The highest BCUT2D eigenvalue weighted by atomic mass is 35.5. The number of nitrogens with zero attached hydrogens (tertiary/aromatic N) is 6. The van der Waals surface area contributed by atoms with Crippen molar-refractivity contribution in [2.24, 2.45) is 0 Å². The number of hydrogen-bond donors (Lipinski definition) is 2. The number of hydrogen-bond acceptors (Lipinski definition) is 7. The van der Waals surface area contributed by atoms with E-state index in [0.29, 0.717) is 32.9 Å². The fourth-order valence-corrected chi connectivity index (χ4v) is 5.44. The first-order chi connectivity index (χ1) is 17.9. The maximum atomic E-state index is 6.60. The SMILES string of the molecule is C#Cc1cc(Cl)c(-c2c(C)nn3c(NCCNC4CCN(c5ncccn5)CC4)cc(C)nc23)c(Cl)c1. The zero-order valence-corrected chi connectivity index (χ0v) is 22.3. The molecule has 1 aliphatic rings. The number of piperidine rings is 1. The molecule has 37 heavy (non-hydrogen) atoms. The Labute approximate surface area is 226 Å². The molecule has 8 nitrogen and oxygen atoms in total. The van der Waals surface area contributed by atoms with Crippen molar-refractivity contribution in [2.75, 3.05) is 36.4 Å². The number of fused-ring (bicyclic) bond motifs is 1. The molecule has 1 aliphatic heterocycles. The normalized spacial score (nSPS) is 14.2. The van der Waals surface area contributed by atoms with Crippen LogP contribution in [0, 0.1) is 26.2 Å². The summed E-state index contributed by atoms with van der Waals surface area (Å²) in [7, 11) is 0. The summed E-state index contributed by atoms with van der Waals surface area (Å²) in [5, 5.41) is 12.9. The zero-order chi connectivity index (χ0) is 25.9. The van der Waals surface area contributed by atoms with Gasteiger partial charge in [-0.25, -0.2) is 15.0 Å². The monoisotopic (exact) mass is 534 g/mol. The van der Waals surface area contributed by atoms with Gasteiger partial charge in [-0.1, -0.05) is 29.1 Å². The predicted molar refractivity (Wildman–Crippen MR) is 150 cm³/mol. The minimum Gasteiger partial charge on any atom is -0.369 e. The minimum atomic E-state index is 0.467. The fraction of sp³-hybridized carbons (Fsp3) is 0.333. The topological polar surface area (TPSA) is 83.3 Å². The molecule has 2 N–H and O–H groups in total. The zero-order valence-electron chi connectivity index (χ0n) is 20.8. The van der Waals surface area contributed by atoms with Crippen molar-refractivity contribution < 1.29 is 0 Å². The Morgan fingerprint density at radius 2 is 1.73 bits per heavy atom. The van der Waals surface area contributed by atoms with Gasteiger partial charge in [0, 0.05) is 67.5 Å². The van der Waals surface area contributed by atoms with E-state index in [1.165, 1.54) is 0 Å². The van der Waals surface area contributed by atoms with Gasteiger partial charge in [-0.3, -0.25) is 0 Å². The minimum absolute atomic E-state index is 0.467. The highest BCUT2D eigenvalue weighted by Gasteiger charge is 2.22. The summed E-state index contributed by atoms with van der Waals surface area (Å²) in [4.78, 5) is 15.7. The Kier molecular flexibility index (Phi) is 7.47. The number of halogens is 2. The predicted octanol–water partition coefficient (Wildman–Crippen LogP) is 4.76. The molecule has 0 spiro atoms. The fourth-order valence-electron chi connectivity index (χ4n) is 4.76. The summed E-state index contributed by atoms with van der Waals surface area (Å²) >= 11 is 13.2. The molecule has 0 bridgehead atoms. The third-order valence-corrected chi connectivity index (χ3v) is 7.14. The molecule has 5 rings (SSSR count). The van der Waals surface area contributed by atoms with E-state index in [2.05, 4.69) is 31.4 Å². The molecular weight excluding hydrogens is 507 g/mol. The highest BCUT2D eigenvalue weighted by Crippen LogP contribution is 2.39. The molecule has 1 fully saturated rings. The van der Waals surface area contributed by atoms with E-state index in [4.69, 9.17) is 39.7 Å². The summed E-state index contributed by atoms with van der Waals surface area (Å²) in [6.45, 7) is 7.36. The molecule has 0 radical (unpaired) electrons. The summed E-state index contributed by atoms with van der Waals surface area (Å²) in [6, 6.07) is 7.78. The highest BCUT2D eigenvalue weighted by molar-refractivity contribution is 6.39. The standard InChI is InChI=1S/C27H28Cl2N8/c1-4-19-15-21(28)25(22(29)16-19)24-18(3)35-37-23(14-17(2)34-26(24)37)31-11-10-30-20-6-12-36(13-7-20)27-32-8-5-9-33-27/h1,5,8-9,14-16,20,30-31H,6-7,10-13H2,2-3H3. The number of aromatic nitrogens is 5. The van der Waals surface area contributed by atoms with Gasteiger partial charge in [0.15, 0.2) is 5.65 Å². The summed E-state index contributed by atoms with van der Waals surface area (Å²) < 4.78 is 1.82. The van der Waals surface area contributed by atoms with Gasteiger partial charge in [0.1, 0.15) is 5.82 Å². The molecule has 0 saturated carbocycles. The quantitative estimate of drug-likeness (QED) is 0.261. The van der Waals surface area contributed by atoms with Crippen LogP contribution in [0.25, 0.3) is 16.8 Å². The number of aryl methyl sites for hydroxylation is 2. The molecule has 0 amide bonds. The number of nitrogens with one attached hydrogen (secondary N) is 2. The Balaban J connectivity index is 1.26. The first-order valence-corrected chi connectivity index (χ1v) is 13.0. The molecule has 1 aromatic carbocycles. The third-order valence-electron chi connectivity index (χ3n) is 6.54. The molecule has 4 heterocycles. The molecule has 3 aromatic heterocycles. The average Bonchev–Trinajstić information content (AvgIpc) is 3.22. The average molecular weight is 535 g/mol. The molecule has 10 heteroatoms. The number of terminal acetylenes is 1. The largest absolute Gasteiger partial charge is 0.369 e. The van der Waals surface area contributed by atoms with E-state index in [0.717, 1.165) is 67.7 Å². The van der Waals surface area contributed by atoms with Gasteiger partial charge in [-0.15, -0.1) is 6.42 Å². The van der Waals surface area contributed by atoms with Gasteiger partial charge >= 0.3 is 0 Å². The number of benzene rings is 1. The first kappa shape index (κ1) is 25.3. The van der Waals surface area contributed by atoms with Gasteiger partial charge in [-0.05, 0) is 44.9 Å². The molecular formula is C27H28Cl2N8. The Hall–Kier alpha value is -3.38. The van der Waals surface area contributed by atoms with Crippen LogP contribution in [0.3, 0.4) is 0 Å². The summed E-state index contributed by atoms with van der Waals surface area (Å²) in [5.41, 5.74) is 4.47. The van der Waals surface area contributed by atoms with Crippen LogP contribution >= 0.6 is 23.2 Å². The van der Waals surface area contributed by atoms with Crippen molar-refractivity contribution in [1.29, 1.82) is 0 Å². The lowest BCUT2D eigenvalue weighted by Gasteiger charge is -2.32. The third kappa shape index (κ3) is 5.35. The maximum absolute atomic E-state index is 6.60. The van der Waals surface area contributed by atoms with Gasteiger partial charge in [0.2, 0.25) is 5.95 Å². The van der Waals surface area contributed by atoms with E-state index < -0.39 is 0 Å². The first-order valence-electron chi connectivity index (χ1n) is 12.3. The van der Waals surface area contributed by atoms with Gasteiger partial charge in [-0.2, -0.15) is 9.61 Å². The number of rotatable bonds is 7. The van der Waals surface area contributed by atoms with Gasteiger partial charge in [0.05, 0.1) is 21.3 Å². The van der Waals surface area contributed by atoms with E-state index in [-0.39, 0.29) is 0 Å². The lowest BCUT2D eigenvalue weighted by atomic mass is 10.0. The van der Waals surface area contributed by atoms with Crippen molar-refractivity contribution in [3.05, 3.63) is 63.7 Å². The van der Waals surface area contributed by atoms with Crippen molar-refractivity contribution in [1.82, 2.24) is 29.9 Å². The molecule has 190 valence electrons. The summed E-state index contributed by atoms with van der Waals surface area (Å²) in [5.74, 6) is 4.26. The Morgan fingerprint density at radius 3 is 2.41 bits per heavy atom. The second-order valence-electron chi connectivity index (χ2n) is 9.13. The van der Waals surface area contributed by atoms with Crippen molar-refractivity contribution in [3.63, 3.8) is 0 Å². The van der Waals surface area contributed by atoms with Crippen LogP contribution in [0.1, 0.15) is 29.8 Å². The molecule has 1 saturated heterocycles. The molecule has 0 atom stereocenters. The smallest absolute Gasteiger partial charge is 0.225 e. The van der Waals surface area contributed by atoms with E-state index >= 15 is 0 Å². The lowest BCUT2D eigenvalue weighted by molar-refractivity contribution is 0.418. The van der Waals surface area contributed by atoms with Crippen LogP contribution in [0.2, 0.25) is 10.0 Å². The second-order valence-corrected chi connectivity index (χ2v) is 9.94. The Morgan fingerprint density at radius 1 is 1.03 bits per heavy atom. The van der Waals surface area contributed by atoms with Crippen LogP contribution in [0.15, 0.2) is 36.7 Å². The lowest BCUT2D eigenvalue weighted by Crippen LogP contribution is -2.44. The van der Waals surface area contributed by atoms with Crippen molar-refractivity contribution in [2.45, 2.75) is 32.7 Å². The second kappa shape index (κ2) is 10.9. The van der Waals surface area contributed by atoms with E-state index in [1.807, 2.05) is 30.5 Å². The van der Waals surface area contributed by atoms with Gasteiger partial charge < -0.3 is 15.5 Å². The van der Waals surface area contributed by atoms with Crippen molar-refractivity contribution >= 4 is 40.6 Å².